The lowest BCUT2D eigenvalue weighted by Gasteiger charge is -2.13. The van der Waals surface area contributed by atoms with Gasteiger partial charge in [-0.25, -0.2) is 4.79 Å². The summed E-state index contributed by atoms with van der Waals surface area (Å²) in [5.74, 6) is 0.818. The molecule has 0 fully saturated rings. The van der Waals surface area contributed by atoms with E-state index >= 15 is 0 Å². The van der Waals surface area contributed by atoms with Gasteiger partial charge in [0.25, 0.3) is 0 Å². The van der Waals surface area contributed by atoms with E-state index in [1.165, 1.54) is 4.90 Å². The first-order valence-electron chi connectivity index (χ1n) is 5.61. The predicted molar refractivity (Wildman–Crippen MR) is 70.0 cm³/mol. The average Bonchev–Trinajstić information content (AvgIpc) is 2.37. The number of fused-ring (bicyclic) bond motifs is 1. The van der Waals surface area contributed by atoms with Crippen LogP contribution in [0.25, 0.3) is 10.8 Å². The minimum atomic E-state index is -0.926. The van der Waals surface area contributed by atoms with Gasteiger partial charge in [-0.15, -0.1) is 0 Å². The van der Waals surface area contributed by atoms with E-state index in [0.717, 1.165) is 22.1 Å². The van der Waals surface area contributed by atoms with Crippen LogP contribution in [0.15, 0.2) is 36.4 Å². The van der Waals surface area contributed by atoms with Crippen LogP contribution in [0, 0.1) is 0 Å². The molecule has 2 rings (SSSR count). The quantitative estimate of drug-likeness (QED) is 0.904. The van der Waals surface area contributed by atoms with Gasteiger partial charge >= 0.3 is 6.09 Å². The van der Waals surface area contributed by atoms with Crippen molar-refractivity contribution >= 4 is 16.9 Å². The predicted octanol–water partition coefficient (Wildman–Crippen LogP) is 2.96. The average molecular weight is 245 g/mol. The second-order valence-corrected chi connectivity index (χ2v) is 4.19. The van der Waals surface area contributed by atoms with E-state index < -0.39 is 6.09 Å². The molecule has 94 valence electrons. The number of benzene rings is 2. The van der Waals surface area contributed by atoms with E-state index in [0.29, 0.717) is 6.54 Å². The van der Waals surface area contributed by atoms with Gasteiger partial charge in [-0.3, -0.25) is 0 Å². The molecular formula is C14H15NO3. The van der Waals surface area contributed by atoms with E-state index in [4.69, 9.17) is 9.84 Å². The first kappa shape index (κ1) is 12.2. The van der Waals surface area contributed by atoms with Crippen LogP contribution in [-0.4, -0.2) is 30.3 Å². The molecular weight excluding hydrogens is 230 g/mol. The molecule has 4 heteroatoms. The minimum Gasteiger partial charge on any atom is -0.497 e. The molecule has 0 saturated heterocycles. The molecule has 1 amide bonds. The van der Waals surface area contributed by atoms with Gasteiger partial charge in [-0.2, -0.15) is 0 Å². The summed E-state index contributed by atoms with van der Waals surface area (Å²) in [4.78, 5) is 12.0. The van der Waals surface area contributed by atoms with Gasteiger partial charge in [-0.05, 0) is 34.5 Å². The van der Waals surface area contributed by atoms with Gasteiger partial charge in [0, 0.05) is 13.6 Å². The van der Waals surface area contributed by atoms with Gasteiger partial charge in [0.05, 0.1) is 7.11 Å². The third-order valence-electron chi connectivity index (χ3n) is 2.86. The molecule has 0 heterocycles. The molecule has 0 unspecified atom stereocenters. The monoisotopic (exact) mass is 245 g/mol. The number of carboxylic acid groups (broad SMARTS) is 1. The van der Waals surface area contributed by atoms with Gasteiger partial charge in [-0.1, -0.05) is 18.2 Å². The van der Waals surface area contributed by atoms with Crippen LogP contribution in [0.2, 0.25) is 0 Å². The topological polar surface area (TPSA) is 49.8 Å². The number of nitrogens with zero attached hydrogens (tertiary/aromatic N) is 1. The Labute approximate surface area is 105 Å². The molecule has 18 heavy (non-hydrogen) atoms. The molecule has 4 nitrogen and oxygen atoms in total. The van der Waals surface area contributed by atoms with Crippen molar-refractivity contribution in [2.24, 2.45) is 0 Å². The maximum atomic E-state index is 10.8. The van der Waals surface area contributed by atoms with E-state index in [-0.39, 0.29) is 0 Å². The normalized spacial score (nSPS) is 10.3. The summed E-state index contributed by atoms with van der Waals surface area (Å²) in [5, 5.41) is 11.0. The van der Waals surface area contributed by atoms with Crippen molar-refractivity contribution < 1.29 is 14.6 Å². The van der Waals surface area contributed by atoms with Gasteiger partial charge < -0.3 is 14.7 Å². The molecule has 0 spiro atoms. The second-order valence-electron chi connectivity index (χ2n) is 4.19. The molecule has 0 radical (unpaired) electrons. The van der Waals surface area contributed by atoms with Crippen molar-refractivity contribution in [1.29, 1.82) is 0 Å². The number of carbonyl (C=O) groups is 1. The zero-order chi connectivity index (χ0) is 13.1. The lowest BCUT2D eigenvalue weighted by molar-refractivity contribution is 0.154. The molecule has 0 aliphatic heterocycles. The van der Waals surface area contributed by atoms with Crippen molar-refractivity contribution in [3.63, 3.8) is 0 Å². The Hall–Kier alpha value is -2.23. The van der Waals surface area contributed by atoms with Crippen LogP contribution >= 0.6 is 0 Å². The zero-order valence-corrected chi connectivity index (χ0v) is 10.4. The van der Waals surface area contributed by atoms with Gasteiger partial charge in [0.1, 0.15) is 5.75 Å². The Bertz CT molecular complexity index is 580. The van der Waals surface area contributed by atoms with Crippen molar-refractivity contribution in [3.05, 3.63) is 42.0 Å². The molecule has 0 aliphatic carbocycles. The van der Waals surface area contributed by atoms with Gasteiger partial charge in [0.2, 0.25) is 0 Å². The number of hydrogen-bond donors (Lipinski definition) is 1. The number of methoxy groups -OCH3 is 1. The number of amides is 1. The van der Waals surface area contributed by atoms with E-state index in [2.05, 4.69) is 0 Å². The maximum Gasteiger partial charge on any atom is 0.407 e. The van der Waals surface area contributed by atoms with Crippen molar-refractivity contribution in [2.75, 3.05) is 14.2 Å². The Kier molecular flexibility index (Phi) is 3.37. The highest BCUT2D eigenvalue weighted by Gasteiger charge is 2.06. The molecule has 0 atom stereocenters. The molecule has 0 bridgehead atoms. The summed E-state index contributed by atoms with van der Waals surface area (Å²) in [6.07, 6.45) is -0.926. The molecule has 1 N–H and O–H groups in total. The summed E-state index contributed by atoms with van der Waals surface area (Å²) in [6.45, 7) is 0.386. The fourth-order valence-corrected chi connectivity index (χ4v) is 1.84. The largest absolute Gasteiger partial charge is 0.497 e. The molecule has 0 aromatic heterocycles. The summed E-state index contributed by atoms with van der Waals surface area (Å²) in [7, 11) is 3.19. The maximum absolute atomic E-state index is 10.8. The van der Waals surface area contributed by atoms with Crippen LogP contribution in [0.3, 0.4) is 0 Å². The SMILES string of the molecule is COc1ccc2cc(CN(C)C(=O)O)ccc2c1. The summed E-state index contributed by atoms with van der Waals surface area (Å²) < 4.78 is 5.16. The standard InChI is InChI=1S/C14H15NO3/c1-15(14(16)17)9-10-3-4-12-8-13(18-2)6-5-11(12)7-10/h3-8H,9H2,1-2H3,(H,16,17). The first-order valence-corrected chi connectivity index (χ1v) is 5.61. The highest BCUT2D eigenvalue weighted by Crippen LogP contribution is 2.22. The van der Waals surface area contributed by atoms with E-state index in [1.54, 1.807) is 14.2 Å². The molecule has 2 aromatic carbocycles. The van der Waals surface area contributed by atoms with Crippen molar-refractivity contribution in [2.45, 2.75) is 6.54 Å². The molecule has 2 aromatic rings. The Morgan fingerprint density at radius 3 is 2.56 bits per heavy atom. The number of hydrogen-bond acceptors (Lipinski definition) is 2. The smallest absolute Gasteiger partial charge is 0.407 e. The fourth-order valence-electron chi connectivity index (χ4n) is 1.84. The number of ether oxygens (including phenoxy) is 1. The number of rotatable bonds is 3. The minimum absolute atomic E-state index is 0.386. The second kappa shape index (κ2) is 4.96. The van der Waals surface area contributed by atoms with Crippen LogP contribution < -0.4 is 4.74 Å². The summed E-state index contributed by atoms with van der Waals surface area (Å²) in [5.41, 5.74) is 0.970. The Morgan fingerprint density at radius 1 is 1.22 bits per heavy atom. The third-order valence-corrected chi connectivity index (χ3v) is 2.86. The lowest BCUT2D eigenvalue weighted by atomic mass is 10.1. The fraction of sp³-hybridized carbons (Fsp3) is 0.214. The highest BCUT2D eigenvalue weighted by molar-refractivity contribution is 5.84. The summed E-state index contributed by atoms with van der Waals surface area (Å²) in [6, 6.07) is 11.7. The van der Waals surface area contributed by atoms with Gasteiger partial charge in [0.15, 0.2) is 0 Å². The molecule has 0 aliphatic rings. The zero-order valence-electron chi connectivity index (χ0n) is 10.4. The van der Waals surface area contributed by atoms with E-state index in [1.807, 2.05) is 36.4 Å². The summed E-state index contributed by atoms with van der Waals surface area (Å²) >= 11 is 0. The Morgan fingerprint density at radius 2 is 1.89 bits per heavy atom. The van der Waals surface area contributed by atoms with Crippen LogP contribution in [0.5, 0.6) is 5.75 Å². The Balaban J connectivity index is 2.30. The third kappa shape index (κ3) is 2.53. The highest BCUT2D eigenvalue weighted by atomic mass is 16.5. The van der Waals surface area contributed by atoms with Crippen LogP contribution in [-0.2, 0) is 6.54 Å². The first-order chi connectivity index (χ1) is 8.60. The van der Waals surface area contributed by atoms with Crippen molar-refractivity contribution in [1.82, 2.24) is 4.90 Å². The molecule has 0 saturated carbocycles. The van der Waals surface area contributed by atoms with Crippen molar-refractivity contribution in [3.8, 4) is 5.75 Å². The lowest BCUT2D eigenvalue weighted by Crippen LogP contribution is -2.23. The van der Waals surface area contributed by atoms with Crippen LogP contribution in [0.4, 0.5) is 4.79 Å². The van der Waals surface area contributed by atoms with E-state index in [9.17, 15) is 4.79 Å². The van der Waals surface area contributed by atoms with Crippen LogP contribution in [0.1, 0.15) is 5.56 Å².